The monoisotopic (exact) mass is 154 g/mol. The summed E-state index contributed by atoms with van der Waals surface area (Å²) in [6.07, 6.45) is 5.11. The van der Waals surface area contributed by atoms with Crippen LogP contribution >= 0.6 is 0 Å². The van der Waals surface area contributed by atoms with Crippen LogP contribution in [0.25, 0.3) is 0 Å². The molecule has 0 fully saturated rings. The predicted molar refractivity (Wildman–Crippen MR) is 45.7 cm³/mol. The van der Waals surface area contributed by atoms with Gasteiger partial charge in [0.25, 0.3) is 0 Å². The third-order valence-electron chi connectivity index (χ3n) is 1.75. The maximum Gasteiger partial charge on any atom is 0.142 e. The highest BCUT2D eigenvalue weighted by Gasteiger charge is 2.27. The van der Waals surface area contributed by atoms with Gasteiger partial charge in [-0.25, -0.2) is 0 Å². The Kier molecular flexibility index (Phi) is 2.14. The summed E-state index contributed by atoms with van der Waals surface area (Å²) in [6.45, 7) is 2.06. The van der Waals surface area contributed by atoms with Crippen molar-refractivity contribution in [1.82, 2.24) is 5.43 Å². The van der Waals surface area contributed by atoms with E-state index in [0.717, 1.165) is 12.8 Å². The molecule has 1 rings (SSSR count). The molecule has 11 heavy (non-hydrogen) atoms. The summed E-state index contributed by atoms with van der Waals surface area (Å²) in [7, 11) is 0. The van der Waals surface area contributed by atoms with Gasteiger partial charge in [-0.15, -0.1) is 0 Å². The van der Waals surface area contributed by atoms with Crippen LogP contribution in [0.3, 0.4) is 0 Å². The topological polar surface area (TPSA) is 76.4 Å². The third-order valence-corrected chi connectivity index (χ3v) is 1.75. The van der Waals surface area contributed by atoms with Gasteiger partial charge in [-0.2, -0.15) is 5.10 Å². The highest BCUT2D eigenvalue weighted by Crippen LogP contribution is 2.14. The maximum atomic E-state index is 5.89. The lowest BCUT2D eigenvalue weighted by Crippen LogP contribution is -2.56. The first kappa shape index (κ1) is 8.07. The van der Waals surface area contributed by atoms with Gasteiger partial charge in [0.2, 0.25) is 0 Å². The molecule has 0 aromatic carbocycles. The molecule has 1 unspecified atom stereocenters. The second-order valence-electron chi connectivity index (χ2n) is 2.73. The number of hydrogen-bond acceptors (Lipinski definition) is 4. The van der Waals surface area contributed by atoms with Gasteiger partial charge in [0.05, 0.1) is 5.70 Å². The normalized spacial score (nSPS) is 29.5. The summed E-state index contributed by atoms with van der Waals surface area (Å²) in [6, 6.07) is 0. The molecule has 0 aromatic rings. The number of hydrogen-bond donors (Lipinski definition) is 3. The van der Waals surface area contributed by atoms with Crippen LogP contribution in [0.2, 0.25) is 0 Å². The maximum absolute atomic E-state index is 5.89. The minimum absolute atomic E-state index is 0.622. The molecular weight excluding hydrogens is 140 g/mol. The second kappa shape index (κ2) is 2.92. The molecule has 5 N–H and O–H groups in total. The Hall–Kier alpha value is -1.03. The molecule has 1 aliphatic rings. The molecule has 0 aromatic heterocycles. The van der Waals surface area contributed by atoms with Gasteiger partial charge < -0.3 is 11.5 Å². The molecule has 0 amide bonds. The molecule has 0 saturated carbocycles. The molecule has 0 bridgehead atoms. The lowest BCUT2D eigenvalue weighted by Gasteiger charge is -2.30. The Balaban J connectivity index is 2.71. The predicted octanol–water partition coefficient (Wildman–Crippen LogP) is -0.127. The number of allylic oxidation sites excluding steroid dienone is 1. The van der Waals surface area contributed by atoms with E-state index in [1.165, 1.54) is 0 Å². The van der Waals surface area contributed by atoms with E-state index in [0.29, 0.717) is 5.70 Å². The molecule has 1 heterocycles. The van der Waals surface area contributed by atoms with Gasteiger partial charge in [0.1, 0.15) is 5.66 Å². The molecule has 62 valence electrons. The van der Waals surface area contributed by atoms with Crippen LogP contribution in [0.4, 0.5) is 0 Å². The highest BCUT2D eigenvalue weighted by molar-refractivity contribution is 5.73. The van der Waals surface area contributed by atoms with Crippen molar-refractivity contribution in [2.45, 2.75) is 25.4 Å². The minimum atomic E-state index is -0.622. The first-order valence-corrected chi connectivity index (χ1v) is 3.74. The largest absolute Gasteiger partial charge is 0.399 e. The smallest absolute Gasteiger partial charge is 0.142 e. The number of nitrogens with zero attached hydrogens (tertiary/aromatic N) is 1. The van der Waals surface area contributed by atoms with Crippen molar-refractivity contribution in [3.63, 3.8) is 0 Å². The van der Waals surface area contributed by atoms with Crippen molar-refractivity contribution >= 4 is 6.21 Å². The van der Waals surface area contributed by atoms with Crippen LogP contribution in [0.1, 0.15) is 19.8 Å². The quantitative estimate of drug-likeness (QED) is 0.518. The van der Waals surface area contributed by atoms with Crippen molar-refractivity contribution in [3.8, 4) is 0 Å². The van der Waals surface area contributed by atoms with E-state index in [4.69, 9.17) is 11.5 Å². The van der Waals surface area contributed by atoms with E-state index in [1.54, 1.807) is 12.3 Å². The first-order valence-electron chi connectivity index (χ1n) is 3.74. The fourth-order valence-corrected chi connectivity index (χ4v) is 1.08. The Morgan fingerprint density at radius 3 is 3.00 bits per heavy atom. The average Bonchev–Trinajstić information content (AvgIpc) is 1.96. The Labute approximate surface area is 66.3 Å². The summed E-state index contributed by atoms with van der Waals surface area (Å²) in [4.78, 5) is 0. The zero-order chi connectivity index (χ0) is 8.32. The zero-order valence-electron chi connectivity index (χ0n) is 6.67. The molecule has 0 saturated heterocycles. The van der Waals surface area contributed by atoms with E-state index < -0.39 is 5.66 Å². The van der Waals surface area contributed by atoms with Crippen LogP contribution in [0, 0.1) is 0 Å². The van der Waals surface area contributed by atoms with E-state index in [-0.39, 0.29) is 0 Å². The van der Waals surface area contributed by atoms with Crippen molar-refractivity contribution in [1.29, 1.82) is 0 Å². The van der Waals surface area contributed by atoms with Crippen LogP contribution in [0.15, 0.2) is 16.9 Å². The van der Waals surface area contributed by atoms with E-state index >= 15 is 0 Å². The van der Waals surface area contributed by atoms with Gasteiger partial charge in [-0.1, -0.05) is 13.3 Å². The van der Waals surface area contributed by atoms with E-state index in [2.05, 4.69) is 17.5 Å². The second-order valence-corrected chi connectivity index (χ2v) is 2.73. The molecule has 1 aliphatic heterocycles. The SMILES string of the molecule is CCCC1(N)NN=CC=C1N. The van der Waals surface area contributed by atoms with Gasteiger partial charge in [-0.3, -0.25) is 5.43 Å². The van der Waals surface area contributed by atoms with E-state index in [1.807, 2.05) is 0 Å². The van der Waals surface area contributed by atoms with Crippen LogP contribution in [-0.2, 0) is 0 Å². The molecule has 4 nitrogen and oxygen atoms in total. The molecular formula is C7H14N4. The minimum Gasteiger partial charge on any atom is -0.399 e. The van der Waals surface area contributed by atoms with Crippen LogP contribution in [0.5, 0.6) is 0 Å². The molecule has 0 aliphatic carbocycles. The first-order chi connectivity index (χ1) is 5.19. The standard InChI is InChI=1S/C7H14N4/c1-2-4-7(9)6(8)3-5-10-11-7/h3,5,11H,2,4,8-9H2,1H3. The van der Waals surface area contributed by atoms with Crippen molar-refractivity contribution in [3.05, 3.63) is 11.8 Å². The van der Waals surface area contributed by atoms with Crippen LogP contribution in [-0.4, -0.2) is 11.9 Å². The summed E-state index contributed by atoms with van der Waals surface area (Å²) >= 11 is 0. The molecule has 0 spiro atoms. The Bertz CT molecular complexity index is 197. The third kappa shape index (κ3) is 1.51. The highest BCUT2D eigenvalue weighted by atomic mass is 15.4. The molecule has 4 heteroatoms. The van der Waals surface area contributed by atoms with Gasteiger partial charge in [0.15, 0.2) is 0 Å². The number of rotatable bonds is 2. The summed E-state index contributed by atoms with van der Waals surface area (Å²) in [5.41, 5.74) is 14.4. The van der Waals surface area contributed by atoms with Crippen molar-refractivity contribution in [2.75, 3.05) is 0 Å². The van der Waals surface area contributed by atoms with Gasteiger partial charge in [0, 0.05) is 6.21 Å². The number of nitrogens with one attached hydrogen (secondary N) is 1. The Morgan fingerprint density at radius 1 is 1.73 bits per heavy atom. The lowest BCUT2D eigenvalue weighted by atomic mass is 10.0. The number of nitrogens with two attached hydrogens (primary N) is 2. The number of hydrazone groups is 1. The molecule has 1 atom stereocenters. The fraction of sp³-hybridized carbons (Fsp3) is 0.571. The lowest BCUT2D eigenvalue weighted by molar-refractivity contribution is 0.365. The van der Waals surface area contributed by atoms with E-state index in [9.17, 15) is 0 Å². The zero-order valence-corrected chi connectivity index (χ0v) is 6.67. The summed E-state index contributed by atoms with van der Waals surface area (Å²) in [5, 5.41) is 3.84. The average molecular weight is 154 g/mol. The summed E-state index contributed by atoms with van der Waals surface area (Å²) < 4.78 is 0. The fourth-order valence-electron chi connectivity index (χ4n) is 1.08. The Morgan fingerprint density at radius 2 is 2.45 bits per heavy atom. The molecule has 0 radical (unpaired) electrons. The van der Waals surface area contributed by atoms with Crippen LogP contribution < -0.4 is 16.9 Å². The van der Waals surface area contributed by atoms with Crippen molar-refractivity contribution in [2.24, 2.45) is 16.6 Å². The van der Waals surface area contributed by atoms with Gasteiger partial charge in [-0.05, 0) is 12.5 Å². The summed E-state index contributed by atoms with van der Waals surface area (Å²) in [5.74, 6) is 0. The van der Waals surface area contributed by atoms with Gasteiger partial charge >= 0.3 is 0 Å². The van der Waals surface area contributed by atoms with Crippen molar-refractivity contribution < 1.29 is 0 Å².